The lowest BCUT2D eigenvalue weighted by Crippen LogP contribution is -2.27. The van der Waals surface area contributed by atoms with Crippen LogP contribution < -0.4 is 0 Å². The molecular weight excluding hydrogens is 469 g/mol. The summed E-state index contributed by atoms with van der Waals surface area (Å²) in [6.07, 6.45) is 17.5. The standard InChI is InChI=1S/C24H35F3N2O4S/c1-3-4-5-6-7-8-9-10-11-12-13-14-19-15-16-20(28-19)17-21-22(32-2)18-23(29-21)33-34(30,31)24(25,26)27/h15-18,28H,3-14H2,1-2H3/b21-17-. The van der Waals surface area contributed by atoms with Crippen molar-refractivity contribution in [2.24, 2.45) is 4.99 Å². The molecule has 1 aromatic heterocycles. The minimum absolute atomic E-state index is 0.105. The molecule has 0 atom stereocenters. The first kappa shape index (κ1) is 28.0. The van der Waals surface area contributed by atoms with Gasteiger partial charge in [-0.25, -0.2) is 4.99 Å². The van der Waals surface area contributed by atoms with E-state index >= 15 is 0 Å². The van der Waals surface area contributed by atoms with E-state index in [0.29, 0.717) is 5.69 Å². The van der Waals surface area contributed by atoms with Crippen molar-refractivity contribution < 1.29 is 30.5 Å². The van der Waals surface area contributed by atoms with Gasteiger partial charge in [0, 0.05) is 17.5 Å². The van der Waals surface area contributed by atoms with Crippen LogP contribution in [0, 0.1) is 0 Å². The third-order valence-electron chi connectivity index (χ3n) is 5.55. The zero-order valence-electron chi connectivity index (χ0n) is 19.9. The number of halogens is 3. The first-order chi connectivity index (χ1) is 16.2. The number of alkyl halides is 3. The number of aromatic amines is 1. The SMILES string of the molecule is CCCCCCCCCCCCCc1ccc(/C=C2\N=C(OS(=O)(=O)C(F)(F)F)C=C2OC)[nH]1. The lowest BCUT2D eigenvalue weighted by atomic mass is 10.0. The second-order valence-electron chi connectivity index (χ2n) is 8.40. The molecule has 0 aromatic carbocycles. The summed E-state index contributed by atoms with van der Waals surface area (Å²) >= 11 is 0. The number of hydrogen-bond donors (Lipinski definition) is 1. The lowest BCUT2D eigenvalue weighted by molar-refractivity contribution is -0.0504. The number of aromatic nitrogens is 1. The van der Waals surface area contributed by atoms with Crippen molar-refractivity contribution in [3.63, 3.8) is 0 Å². The Kier molecular flexibility index (Phi) is 11.2. The fourth-order valence-corrected chi connectivity index (χ4v) is 4.08. The number of rotatable bonds is 15. The van der Waals surface area contributed by atoms with Crippen LogP contribution in [-0.4, -0.2) is 31.9 Å². The topological polar surface area (TPSA) is 80.8 Å². The summed E-state index contributed by atoms with van der Waals surface area (Å²) in [4.78, 5) is 7.05. The van der Waals surface area contributed by atoms with Crippen LogP contribution in [0.5, 0.6) is 0 Å². The molecule has 0 bridgehead atoms. The zero-order valence-corrected chi connectivity index (χ0v) is 20.7. The normalized spacial score (nSPS) is 15.5. The molecule has 0 unspecified atom stereocenters. The molecule has 2 rings (SSSR count). The van der Waals surface area contributed by atoms with Gasteiger partial charge in [0.05, 0.1) is 7.11 Å². The molecule has 0 spiro atoms. The molecule has 0 saturated carbocycles. The van der Waals surface area contributed by atoms with Crippen molar-refractivity contribution in [2.45, 2.75) is 89.5 Å². The number of nitrogens with zero attached hydrogens (tertiary/aromatic N) is 1. The van der Waals surface area contributed by atoms with E-state index in [1.165, 1.54) is 71.3 Å². The van der Waals surface area contributed by atoms with Crippen LogP contribution in [0.1, 0.15) is 88.9 Å². The number of aryl methyl sites for hydroxylation is 1. The highest BCUT2D eigenvalue weighted by Crippen LogP contribution is 2.28. The highest BCUT2D eigenvalue weighted by molar-refractivity contribution is 7.88. The van der Waals surface area contributed by atoms with Crippen LogP contribution in [0.3, 0.4) is 0 Å². The second-order valence-corrected chi connectivity index (χ2v) is 9.94. The average Bonchev–Trinajstić information content (AvgIpc) is 3.37. The Balaban J connectivity index is 1.77. The van der Waals surface area contributed by atoms with Gasteiger partial charge in [-0.1, -0.05) is 71.1 Å². The Morgan fingerprint density at radius 1 is 0.971 bits per heavy atom. The van der Waals surface area contributed by atoms with E-state index in [-0.39, 0.29) is 11.5 Å². The number of ether oxygens (including phenoxy) is 1. The summed E-state index contributed by atoms with van der Waals surface area (Å²) in [6, 6.07) is 3.78. The third kappa shape index (κ3) is 9.19. The van der Waals surface area contributed by atoms with Crippen LogP contribution in [0.15, 0.2) is 34.7 Å². The quantitative estimate of drug-likeness (QED) is 0.158. The lowest BCUT2D eigenvalue weighted by Gasteiger charge is -2.07. The Morgan fingerprint density at radius 2 is 1.56 bits per heavy atom. The Morgan fingerprint density at radius 3 is 2.12 bits per heavy atom. The minimum atomic E-state index is -5.80. The van der Waals surface area contributed by atoms with Crippen molar-refractivity contribution >= 4 is 22.1 Å². The van der Waals surface area contributed by atoms with Gasteiger partial charge in [0.15, 0.2) is 0 Å². The van der Waals surface area contributed by atoms with E-state index in [1.807, 2.05) is 12.1 Å². The molecule has 1 aliphatic heterocycles. The molecule has 34 heavy (non-hydrogen) atoms. The largest absolute Gasteiger partial charge is 0.534 e. The Hall–Kier alpha value is -2.23. The van der Waals surface area contributed by atoms with E-state index in [9.17, 15) is 21.6 Å². The van der Waals surface area contributed by atoms with Gasteiger partial charge < -0.3 is 13.9 Å². The van der Waals surface area contributed by atoms with Gasteiger partial charge >= 0.3 is 15.6 Å². The molecule has 10 heteroatoms. The fraction of sp³-hybridized carbons (Fsp3) is 0.625. The van der Waals surface area contributed by atoms with Crippen molar-refractivity contribution in [1.82, 2.24) is 4.98 Å². The molecule has 2 heterocycles. The Bertz CT molecular complexity index is 963. The van der Waals surface area contributed by atoms with E-state index in [1.54, 1.807) is 6.08 Å². The molecule has 0 radical (unpaired) electrons. The summed E-state index contributed by atoms with van der Waals surface area (Å²) in [5, 5.41) is 0. The summed E-state index contributed by atoms with van der Waals surface area (Å²) in [5.41, 5.74) is -3.65. The summed E-state index contributed by atoms with van der Waals surface area (Å²) in [7, 11) is -4.49. The molecule has 1 aromatic rings. The van der Waals surface area contributed by atoms with Crippen LogP contribution >= 0.6 is 0 Å². The van der Waals surface area contributed by atoms with Crippen molar-refractivity contribution in [3.05, 3.63) is 41.1 Å². The molecule has 1 aliphatic rings. The van der Waals surface area contributed by atoms with Gasteiger partial charge in [-0.05, 0) is 31.1 Å². The van der Waals surface area contributed by atoms with Gasteiger partial charge in [-0.15, -0.1) is 0 Å². The summed E-state index contributed by atoms with van der Waals surface area (Å²) in [5.74, 6) is -0.595. The zero-order chi connectivity index (χ0) is 25.0. The predicted octanol–water partition coefficient (Wildman–Crippen LogP) is 7.02. The van der Waals surface area contributed by atoms with Gasteiger partial charge in [0.25, 0.3) is 0 Å². The van der Waals surface area contributed by atoms with E-state index in [4.69, 9.17) is 4.74 Å². The van der Waals surface area contributed by atoms with Crippen LogP contribution in [0.4, 0.5) is 13.2 Å². The van der Waals surface area contributed by atoms with Gasteiger partial charge in [-0.2, -0.15) is 21.6 Å². The number of unbranched alkanes of at least 4 members (excludes halogenated alkanes) is 10. The molecule has 192 valence electrons. The first-order valence-corrected chi connectivity index (χ1v) is 13.3. The predicted molar refractivity (Wildman–Crippen MR) is 128 cm³/mol. The van der Waals surface area contributed by atoms with Gasteiger partial charge in [-0.3, -0.25) is 0 Å². The molecule has 0 amide bonds. The summed E-state index contributed by atoms with van der Waals surface area (Å²) in [6.45, 7) is 2.23. The smallest absolute Gasteiger partial charge is 0.494 e. The van der Waals surface area contributed by atoms with Crippen molar-refractivity contribution in [2.75, 3.05) is 7.11 Å². The van der Waals surface area contributed by atoms with E-state index in [0.717, 1.165) is 24.6 Å². The number of methoxy groups -OCH3 is 1. The fourth-order valence-electron chi connectivity index (χ4n) is 3.68. The maximum Gasteiger partial charge on any atom is 0.534 e. The number of H-pyrrole nitrogens is 1. The highest BCUT2D eigenvalue weighted by atomic mass is 32.2. The minimum Gasteiger partial charge on any atom is -0.494 e. The monoisotopic (exact) mass is 504 g/mol. The third-order valence-corrected chi connectivity index (χ3v) is 6.50. The highest BCUT2D eigenvalue weighted by Gasteiger charge is 2.49. The van der Waals surface area contributed by atoms with Crippen LogP contribution in [0.25, 0.3) is 6.08 Å². The first-order valence-electron chi connectivity index (χ1n) is 11.9. The molecule has 0 fully saturated rings. The van der Waals surface area contributed by atoms with E-state index < -0.39 is 21.5 Å². The number of nitrogens with one attached hydrogen (secondary N) is 1. The maximum atomic E-state index is 12.5. The number of aliphatic imine (C=N–C) groups is 1. The van der Waals surface area contributed by atoms with Gasteiger partial charge in [0.1, 0.15) is 11.5 Å². The molecule has 1 N–H and O–H groups in total. The van der Waals surface area contributed by atoms with Crippen LogP contribution in [0.2, 0.25) is 0 Å². The molecule has 0 aliphatic carbocycles. The van der Waals surface area contributed by atoms with Crippen LogP contribution in [-0.2, 0) is 25.5 Å². The van der Waals surface area contributed by atoms with Crippen molar-refractivity contribution in [1.29, 1.82) is 0 Å². The molecular formula is C24H35F3N2O4S. The molecule has 0 saturated heterocycles. The van der Waals surface area contributed by atoms with Crippen molar-refractivity contribution in [3.8, 4) is 0 Å². The Labute approximate surface area is 200 Å². The summed E-state index contributed by atoms with van der Waals surface area (Å²) < 4.78 is 69.1. The second kappa shape index (κ2) is 13.6. The maximum absolute atomic E-state index is 12.5. The molecule has 6 nitrogen and oxygen atoms in total. The van der Waals surface area contributed by atoms with E-state index in [2.05, 4.69) is 21.1 Å². The van der Waals surface area contributed by atoms with Gasteiger partial charge in [0.2, 0.25) is 5.90 Å². The average molecular weight is 505 g/mol. The number of hydrogen-bond acceptors (Lipinski definition) is 5.